The molecular weight excluding hydrogens is 160 g/mol. The molecule has 0 radical (unpaired) electrons. The van der Waals surface area contributed by atoms with Gasteiger partial charge < -0.3 is 0 Å². The zero-order valence-electron chi connectivity index (χ0n) is 3.34. The summed E-state index contributed by atoms with van der Waals surface area (Å²) in [5.74, 6) is 0. The van der Waals surface area contributed by atoms with E-state index in [0.717, 1.165) is 0 Å². The minimum atomic E-state index is -4.82. The normalized spacial score (nSPS) is 12.2. The molecule has 8 heavy (non-hydrogen) atoms. The third kappa shape index (κ3) is 5.82. The lowest BCUT2D eigenvalue weighted by Gasteiger charge is -1.82. The van der Waals surface area contributed by atoms with Gasteiger partial charge in [-0.1, -0.05) is 0 Å². The van der Waals surface area contributed by atoms with Gasteiger partial charge in [0, 0.05) is 0 Å². The van der Waals surface area contributed by atoms with Gasteiger partial charge in [-0.15, -0.1) is 3.63 Å². The highest BCUT2D eigenvalue weighted by molar-refractivity contribution is 7.89. The van der Waals surface area contributed by atoms with Gasteiger partial charge in [-0.3, -0.25) is 4.55 Å². The zero-order valence-corrected chi connectivity index (χ0v) is 5.05. The van der Waals surface area contributed by atoms with Gasteiger partial charge in [-0.2, -0.15) is 8.42 Å². The van der Waals surface area contributed by atoms with Crippen molar-refractivity contribution in [3.05, 3.63) is 0 Å². The van der Waals surface area contributed by atoms with Crippen LogP contribution in [0.2, 0.25) is 0 Å². The van der Waals surface area contributed by atoms with E-state index in [1.54, 1.807) is 0 Å². The Morgan fingerprint density at radius 2 is 1.75 bits per heavy atom. The number of hydrogen-bond donors (Lipinski definition) is 2. The molecule has 0 aliphatic heterocycles. The second-order valence-corrected chi connectivity index (χ2v) is 2.62. The molecule has 0 bridgehead atoms. The second kappa shape index (κ2) is 2.40. The molecule has 0 aromatic heterocycles. The molecule has 0 unspecified atom stereocenters. The lowest BCUT2D eigenvalue weighted by molar-refractivity contribution is 0.391. The molecule has 0 atom stereocenters. The Morgan fingerprint density at radius 1 is 1.38 bits per heavy atom. The van der Waals surface area contributed by atoms with Gasteiger partial charge in [0.15, 0.2) is 0 Å². The van der Waals surface area contributed by atoms with Crippen LogP contribution in [0.4, 0.5) is 0 Å². The van der Waals surface area contributed by atoms with Crippen LogP contribution in [0.3, 0.4) is 0 Å². The van der Waals surface area contributed by atoms with Crippen molar-refractivity contribution in [2.75, 3.05) is 0 Å². The van der Waals surface area contributed by atoms with Gasteiger partial charge in [0.1, 0.15) is 0 Å². The van der Waals surface area contributed by atoms with Crippen molar-refractivity contribution in [1.29, 1.82) is 0 Å². The van der Waals surface area contributed by atoms with Gasteiger partial charge in [0.05, 0.1) is 0 Å². The Kier molecular flexibility index (Phi) is 2.34. The molecule has 0 rings (SSSR count). The molecule has 0 aromatic carbocycles. The van der Waals surface area contributed by atoms with Gasteiger partial charge in [0.2, 0.25) is 0 Å². The summed E-state index contributed by atoms with van der Waals surface area (Å²) < 4.78 is 47.8. The highest BCUT2D eigenvalue weighted by Gasteiger charge is 2.03. The summed E-state index contributed by atoms with van der Waals surface area (Å²) in [6.07, 6.45) is 0. The minimum Gasteiger partial charge on any atom is -0.263 e. The smallest absolute Gasteiger partial charge is 0.263 e. The third-order valence-corrected chi connectivity index (χ3v) is 1.40. The maximum Gasteiger partial charge on any atom is 0.411 e. The summed E-state index contributed by atoms with van der Waals surface area (Å²) in [7, 11) is -8.35. The average molecular weight is 162 g/mol. The lowest BCUT2D eigenvalue weighted by Crippen LogP contribution is -2.00. The largest absolute Gasteiger partial charge is 0.411 e. The molecule has 0 saturated heterocycles. The van der Waals surface area contributed by atoms with E-state index in [2.05, 4.69) is 3.63 Å². The average Bonchev–Trinajstić information content (AvgIpc) is 1.21. The third-order valence-electron chi connectivity index (χ3n) is 0.155. The van der Waals surface area contributed by atoms with Gasteiger partial charge >= 0.3 is 10.4 Å². The van der Waals surface area contributed by atoms with E-state index in [1.807, 2.05) is 0 Å². The van der Waals surface area contributed by atoms with Crippen molar-refractivity contribution in [2.24, 2.45) is 0 Å². The molecule has 0 aliphatic carbocycles. The van der Waals surface area contributed by atoms with Crippen LogP contribution in [0.5, 0.6) is 0 Å². The monoisotopic (exact) mass is 162 g/mol. The fourth-order valence-electron chi connectivity index (χ4n) is 0.0769. The van der Waals surface area contributed by atoms with Crippen molar-refractivity contribution in [3.8, 4) is 0 Å². The van der Waals surface area contributed by atoms with Crippen LogP contribution in [0, 0.1) is 0 Å². The maximum atomic E-state index is 9.39. The molecule has 0 spiro atoms. The molecule has 0 saturated carbocycles. The highest BCUT2D eigenvalue weighted by Crippen LogP contribution is 1.82. The van der Waals surface area contributed by atoms with Gasteiger partial charge in [0.25, 0.3) is 11.0 Å². The predicted molar refractivity (Wildman–Crippen MR) is 22.9 cm³/mol. The molecule has 8 heteroatoms. The second-order valence-electron chi connectivity index (χ2n) is 0.726. The Bertz CT molecular complexity index is 207. The van der Waals surface area contributed by atoms with Crippen LogP contribution < -0.4 is 0 Å². The molecule has 0 aliphatic rings. The summed E-state index contributed by atoms with van der Waals surface area (Å²) in [5, 5.41) is 0. The van der Waals surface area contributed by atoms with Crippen LogP contribution in [-0.4, -0.2) is 21.4 Å². The first-order valence-electron chi connectivity index (χ1n) is 1.23. The van der Waals surface area contributed by atoms with Crippen LogP contribution >= 0.6 is 0 Å². The van der Waals surface area contributed by atoms with Crippen molar-refractivity contribution in [1.82, 2.24) is 0 Å². The van der Waals surface area contributed by atoms with E-state index in [-0.39, 0.29) is 0 Å². The summed E-state index contributed by atoms with van der Waals surface area (Å²) in [6, 6.07) is 0. The van der Waals surface area contributed by atoms with Crippen LogP contribution in [0.15, 0.2) is 0 Å². The minimum absolute atomic E-state index is 2.92. The van der Waals surface area contributed by atoms with Crippen molar-refractivity contribution >= 4 is 21.4 Å². The zero-order chi connectivity index (χ0) is 6.78. The van der Waals surface area contributed by atoms with E-state index >= 15 is 0 Å². The Balaban J connectivity index is 4.16. The van der Waals surface area contributed by atoms with E-state index in [9.17, 15) is 16.8 Å². The first-order chi connectivity index (χ1) is 3.42. The molecular formula is H2O6S2. The molecule has 50 valence electrons. The highest BCUT2D eigenvalue weighted by atomic mass is 32.3. The van der Waals surface area contributed by atoms with Crippen LogP contribution in [0.1, 0.15) is 0 Å². The van der Waals surface area contributed by atoms with E-state index in [4.69, 9.17) is 4.55 Å². The first-order valence-corrected chi connectivity index (χ1v) is 3.69. The summed E-state index contributed by atoms with van der Waals surface area (Å²) in [6.45, 7) is 0. The topological polar surface area (TPSA) is 97.7 Å². The summed E-state index contributed by atoms with van der Waals surface area (Å²) >= 11 is 0. The molecule has 0 fully saturated rings. The molecule has 0 aromatic rings. The summed E-state index contributed by atoms with van der Waals surface area (Å²) in [4.78, 5) is 0. The fraction of sp³-hybridized carbons (Fsp3) is 0. The van der Waals surface area contributed by atoms with Crippen molar-refractivity contribution in [3.63, 3.8) is 0 Å². The quantitative estimate of drug-likeness (QED) is 0.372. The molecule has 0 amide bonds. The first kappa shape index (κ1) is 7.82. The van der Waals surface area contributed by atoms with Crippen molar-refractivity contribution < 1.29 is 25.0 Å². The van der Waals surface area contributed by atoms with E-state index in [1.165, 1.54) is 0 Å². The number of thiol groups is 1. The SMILES string of the molecule is O=[SH](=O)OS(=O)(=O)O. The maximum absolute atomic E-state index is 9.39. The van der Waals surface area contributed by atoms with Crippen LogP contribution in [0.25, 0.3) is 0 Å². The molecule has 1 N–H and O–H groups in total. The Labute approximate surface area is 47.2 Å². The lowest BCUT2D eigenvalue weighted by atomic mass is 15.8. The predicted octanol–water partition coefficient (Wildman–Crippen LogP) is -1.67. The standard InChI is InChI=1S/H2O6S2/c1-7(2)6-8(3,4)5/h7H,(H,3,4,5). The number of hydrogen-bond acceptors (Lipinski definition) is 5. The fourth-order valence-corrected chi connectivity index (χ4v) is 0.692. The van der Waals surface area contributed by atoms with Crippen LogP contribution in [-0.2, 0) is 25.0 Å². The number of rotatable bonds is 2. The van der Waals surface area contributed by atoms with E-state index in [0.29, 0.717) is 0 Å². The molecule has 6 nitrogen and oxygen atoms in total. The van der Waals surface area contributed by atoms with Gasteiger partial charge in [-0.25, -0.2) is 8.42 Å². The molecule has 0 heterocycles. The summed E-state index contributed by atoms with van der Waals surface area (Å²) in [5.41, 5.74) is 0. The van der Waals surface area contributed by atoms with Crippen molar-refractivity contribution in [2.45, 2.75) is 0 Å². The Morgan fingerprint density at radius 3 is 1.75 bits per heavy atom. The van der Waals surface area contributed by atoms with E-state index < -0.39 is 21.4 Å². The van der Waals surface area contributed by atoms with Gasteiger partial charge in [-0.05, 0) is 0 Å². The Hall–Kier alpha value is -0.180.